The molecule has 4 rings (SSSR count). The molecule has 0 aliphatic heterocycles. The summed E-state index contributed by atoms with van der Waals surface area (Å²) in [6.07, 6.45) is 3.42. The van der Waals surface area contributed by atoms with Crippen LogP contribution in [0.2, 0.25) is 10.0 Å². The topological polar surface area (TPSA) is 65.7 Å². The van der Waals surface area contributed by atoms with Crippen LogP contribution in [-0.4, -0.2) is 28.3 Å². The van der Waals surface area contributed by atoms with E-state index < -0.39 is 0 Å². The van der Waals surface area contributed by atoms with E-state index in [1.54, 1.807) is 49.6 Å². The largest absolute Gasteiger partial charge is 0.493 e. The van der Waals surface area contributed by atoms with E-state index in [0.717, 1.165) is 5.56 Å². The first-order chi connectivity index (χ1) is 14.5. The highest BCUT2D eigenvalue weighted by Gasteiger charge is 2.14. The molecule has 0 bridgehead atoms. The number of nitrogens with zero attached hydrogens (tertiary/aromatic N) is 3. The lowest BCUT2D eigenvalue weighted by atomic mass is 10.2. The predicted molar refractivity (Wildman–Crippen MR) is 120 cm³/mol. The van der Waals surface area contributed by atoms with Crippen molar-refractivity contribution in [3.63, 3.8) is 0 Å². The summed E-state index contributed by atoms with van der Waals surface area (Å²) in [5, 5.41) is 5.26. The van der Waals surface area contributed by atoms with Gasteiger partial charge in [-0.3, -0.25) is 4.79 Å². The molecule has 0 fully saturated rings. The van der Waals surface area contributed by atoms with E-state index in [4.69, 9.17) is 32.7 Å². The van der Waals surface area contributed by atoms with Gasteiger partial charge < -0.3 is 9.47 Å². The van der Waals surface area contributed by atoms with E-state index in [0.29, 0.717) is 49.0 Å². The van der Waals surface area contributed by atoms with E-state index >= 15 is 0 Å². The Kier molecular flexibility index (Phi) is 5.76. The molecule has 0 aliphatic rings. The van der Waals surface area contributed by atoms with Crippen molar-refractivity contribution in [3.05, 3.63) is 79.5 Å². The summed E-state index contributed by atoms with van der Waals surface area (Å²) >= 11 is 13.4. The average Bonchev–Trinajstić information content (AvgIpc) is 3.26. The van der Waals surface area contributed by atoms with Crippen LogP contribution in [0.3, 0.4) is 0 Å². The molecule has 2 heterocycles. The molecule has 30 heavy (non-hydrogen) atoms. The van der Waals surface area contributed by atoms with Crippen molar-refractivity contribution < 1.29 is 9.47 Å². The quantitative estimate of drug-likeness (QED) is 0.403. The first kappa shape index (κ1) is 20.4. The number of thiazole rings is 1. The lowest BCUT2D eigenvalue weighted by molar-refractivity contribution is 0.326. The number of aromatic nitrogens is 3. The third kappa shape index (κ3) is 3.92. The highest BCUT2D eigenvalue weighted by Crippen LogP contribution is 2.29. The molecule has 9 heteroatoms. The predicted octanol–water partition coefficient (Wildman–Crippen LogP) is 4.25. The summed E-state index contributed by atoms with van der Waals surface area (Å²) in [4.78, 5) is 17.7. The van der Waals surface area contributed by atoms with Gasteiger partial charge in [0.05, 0.1) is 16.7 Å². The molecule has 0 unspecified atom stereocenters. The zero-order valence-corrected chi connectivity index (χ0v) is 18.1. The third-order valence-electron chi connectivity index (χ3n) is 4.20. The molecule has 0 radical (unpaired) electrons. The molecule has 0 N–H and O–H groups in total. The van der Waals surface area contributed by atoms with E-state index in [9.17, 15) is 4.79 Å². The van der Waals surface area contributed by atoms with Crippen LogP contribution in [0.5, 0.6) is 11.5 Å². The Bertz CT molecular complexity index is 1360. The van der Waals surface area contributed by atoms with E-state index in [1.807, 2.05) is 6.07 Å². The number of hydrogen-bond acceptors (Lipinski definition) is 6. The Balaban J connectivity index is 1.73. The van der Waals surface area contributed by atoms with Crippen LogP contribution in [-0.2, 0) is 0 Å². The third-order valence-corrected chi connectivity index (χ3v) is 5.70. The van der Waals surface area contributed by atoms with Crippen LogP contribution in [0.4, 0.5) is 0 Å². The summed E-state index contributed by atoms with van der Waals surface area (Å²) in [7, 11) is 1.56. The zero-order chi connectivity index (χ0) is 21.3. The lowest BCUT2D eigenvalue weighted by Crippen LogP contribution is -2.23. The molecule has 6 nitrogen and oxygen atoms in total. The Morgan fingerprint density at radius 2 is 2.03 bits per heavy atom. The van der Waals surface area contributed by atoms with Crippen LogP contribution in [0.1, 0.15) is 5.56 Å². The number of ether oxygens (including phenoxy) is 2. The standard InChI is InChI=1S/C21H15Cl2N3O3S/c1-3-8-29-16-7-4-12(9-17(16)28-2)10-18-20(27)26-21(30-18)24-19(25-26)14-6-5-13(22)11-15(14)23/h3-7,9-11H,1,8H2,2H3/b18-10-. The highest BCUT2D eigenvalue weighted by atomic mass is 35.5. The normalized spacial score (nSPS) is 11.8. The van der Waals surface area contributed by atoms with Gasteiger partial charge in [-0.1, -0.05) is 53.3 Å². The number of benzene rings is 2. The maximum Gasteiger partial charge on any atom is 0.291 e. The monoisotopic (exact) mass is 459 g/mol. The second-order valence-electron chi connectivity index (χ2n) is 6.18. The molecule has 2 aromatic carbocycles. The molecular formula is C21H15Cl2N3O3S. The fraction of sp³-hybridized carbons (Fsp3) is 0.0952. The minimum Gasteiger partial charge on any atom is -0.493 e. The minimum absolute atomic E-state index is 0.259. The zero-order valence-electron chi connectivity index (χ0n) is 15.8. The number of methoxy groups -OCH3 is 1. The fourth-order valence-electron chi connectivity index (χ4n) is 2.81. The molecule has 2 aromatic heterocycles. The van der Waals surface area contributed by atoms with Crippen molar-refractivity contribution in [2.75, 3.05) is 13.7 Å². The van der Waals surface area contributed by atoms with Crippen LogP contribution >= 0.6 is 34.5 Å². The number of hydrogen-bond donors (Lipinski definition) is 0. The fourth-order valence-corrected chi connectivity index (χ4v) is 4.21. The molecule has 0 saturated heterocycles. The van der Waals surface area contributed by atoms with E-state index in [1.165, 1.54) is 15.9 Å². The summed E-state index contributed by atoms with van der Waals surface area (Å²) in [6.45, 7) is 4.00. The van der Waals surface area contributed by atoms with Crippen LogP contribution in [0.25, 0.3) is 22.4 Å². The SMILES string of the molecule is C=CCOc1ccc(/C=c2\sc3nc(-c4ccc(Cl)cc4Cl)nn3c2=O)cc1OC. The Hall–Kier alpha value is -2.87. The lowest BCUT2D eigenvalue weighted by Gasteiger charge is -2.09. The van der Waals surface area contributed by atoms with Gasteiger partial charge in [-0.25, -0.2) is 0 Å². The summed E-state index contributed by atoms with van der Waals surface area (Å²) < 4.78 is 12.7. The van der Waals surface area contributed by atoms with Crippen molar-refractivity contribution >= 4 is 45.6 Å². The van der Waals surface area contributed by atoms with E-state index in [-0.39, 0.29) is 5.56 Å². The van der Waals surface area contributed by atoms with Crippen molar-refractivity contribution in [1.29, 1.82) is 0 Å². The van der Waals surface area contributed by atoms with Crippen LogP contribution in [0, 0.1) is 0 Å². The van der Waals surface area contributed by atoms with Crippen LogP contribution < -0.4 is 19.6 Å². The van der Waals surface area contributed by atoms with Gasteiger partial charge in [0.1, 0.15) is 6.61 Å². The van der Waals surface area contributed by atoms with Gasteiger partial charge in [-0.15, -0.1) is 5.10 Å². The van der Waals surface area contributed by atoms with Crippen molar-refractivity contribution in [2.24, 2.45) is 0 Å². The van der Waals surface area contributed by atoms with E-state index in [2.05, 4.69) is 16.7 Å². The van der Waals surface area contributed by atoms with Gasteiger partial charge in [0, 0.05) is 10.6 Å². The average molecular weight is 460 g/mol. The number of fused-ring (bicyclic) bond motifs is 1. The van der Waals surface area contributed by atoms with Gasteiger partial charge >= 0.3 is 0 Å². The molecule has 4 aromatic rings. The van der Waals surface area contributed by atoms with Gasteiger partial charge in [-0.05, 0) is 42.0 Å². The summed E-state index contributed by atoms with van der Waals surface area (Å²) in [5.41, 5.74) is 1.15. The van der Waals surface area contributed by atoms with Crippen molar-refractivity contribution in [1.82, 2.24) is 14.6 Å². The molecule has 0 atom stereocenters. The number of rotatable bonds is 6. The second kappa shape index (κ2) is 8.47. The first-order valence-electron chi connectivity index (χ1n) is 8.78. The minimum atomic E-state index is -0.259. The van der Waals surface area contributed by atoms with Crippen molar-refractivity contribution in [3.8, 4) is 22.9 Å². The van der Waals surface area contributed by atoms with Crippen molar-refractivity contribution in [2.45, 2.75) is 0 Å². The molecule has 152 valence electrons. The Morgan fingerprint density at radius 3 is 2.73 bits per heavy atom. The van der Waals surface area contributed by atoms with Gasteiger partial charge in [0.25, 0.3) is 5.56 Å². The maximum absolute atomic E-state index is 12.8. The first-order valence-corrected chi connectivity index (χ1v) is 10.4. The molecule has 0 aliphatic carbocycles. The Morgan fingerprint density at radius 1 is 1.20 bits per heavy atom. The van der Waals surface area contributed by atoms with Gasteiger partial charge in [0.15, 0.2) is 17.3 Å². The highest BCUT2D eigenvalue weighted by molar-refractivity contribution is 7.15. The maximum atomic E-state index is 12.8. The second-order valence-corrected chi connectivity index (χ2v) is 8.03. The van der Waals surface area contributed by atoms with Gasteiger partial charge in [0.2, 0.25) is 4.96 Å². The molecular weight excluding hydrogens is 445 g/mol. The Labute approximate surface area is 185 Å². The molecule has 0 spiro atoms. The number of halogens is 2. The molecule has 0 amide bonds. The smallest absolute Gasteiger partial charge is 0.291 e. The summed E-state index contributed by atoms with van der Waals surface area (Å²) in [5.74, 6) is 1.54. The molecule has 0 saturated carbocycles. The van der Waals surface area contributed by atoms with Crippen LogP contribution in [0.15, 0.2) is 53.8 Å². The van der Waals surface area contributed by atoms with Gasteiger partial charge in [-0.2, -0.15) is 9.50 Å². The summed E-state index contributed by atoms with van der Waals surface area (Å²) in [6, 6.07) is 10.5.